The number of hydrogen-bond donors (Lipinski definition) is 0. The number of piperazine rings is 1. The van der Waals surface area contributed by atoms with Crippen LogP contribution in [0.25, 0.3) is 0 Å². The smallest absolute Gasteiger partial charge is 0.246 e. The first-order chi connectivity index (χ1) is 17.9. The highest BCUT2D eigenvalue weighted by atomic mass is 35.5. The van der Waals surface area contributed by atoms with Crippen LogP contribution in [0.1, 0.15) is 18.4 Å². The molecule has 0 radical (unpaired) electrons. The minimum Gasteiger partial charge on any atom is -0.334 e. The summed E-state index contributed by atoms with van der Waals surface area (Å²) in [7, 11) is -0.953. The Kier molecular flexibility index (Phi) is 7.19. The molecule has 2 heterocycles. The van der Waals surface area contributed by atoms with Gasteiger partial charge in [0.15, 0.2) is 11.6 Å². The van der Waals surface area contributed by atoms with Crippen molar-refractivity contribution in [2.24, 2.45) is 0 Å². The third-order valence-electron chi connectivity index (χ3n) is 7.31. The van der Waals surface area contributed by atoms with E-state index in [0.29, 0.717) is 5.56 Å². The van der Waals surface area contributed by atoms with Crippen molar-refractivity contribution in [2.75, 3.05) is 27.2 Å². The molecule has 3 fully saturated rings. The maximum absolute atomic E-state index is 14.0. The van der Waals surface area contributed by atoms with E-state index in [-0.39, 0.29) is 46.4 Å². The standard InChI is InChI=1S/C25H26Cl2F2N4O4S/c1-30(2)21-12-32(38(36,37)22-8-4-15(26)11-17(22)27)23-13-31(16-5-6-16)24(34)20(33(23)25(21)35)10-14-3-7-18(28)19(29)9-14/h3-4,7-9,11,16,20-21,23H,5-6,10,12-13H2,1-2H3. The summed E-state index contributed by atoms with van der Waals surface area (Å²) in [6.07, 6.45) is 0.418. The quantitative estimate of drug-likeness (QED) is 0.520. The number of hydrogen-bond acceptors (Lipinski definition) is 5. The van der Waals surface area contributed by atoms with Crippen molar-refractivity contribution in [3.63, 3.8) is 0 Å². The van der Waals surface area contributed by atoms with Gasteiger partial charge >= 0.3 is 0 Å². The summed E-state index contributed by atoms with van der Waals surface area (Å²) in [5.41, 5.74) is 0.313. The van der Waals surface area contributed by atoms with E-state index in [1.807, 2.05) is 0 Å². The minimum atomic E-state index is -4.25. The van der Waals surface area contributed by atoms with Gasteiger partial charge in [-0.1, -0.05) is 29.3 Å². The number of carbonyl (C=O) groups excluding carboxylic acids is 2. The van der Waals surface area contributed by atoms with Crippen LogP contribution in [-0.4, -0.2) is 90.7 Å². The van der Waals surface area contributed by atoms with Gasteiger partial charge in [0.05, 0.1) is 11.6 Å². The average Bonchev–Trinajstić information content (AvgIpc) is 3.67. The first-order valence-corrected chi connectivity index (χ1v) is 14.3. The van der Waals surface area contributed by atoms with Crippen LogP contribution in [-0.2, 0) is 26.0 Å². The molecule has 38 heavy (non-hydrogen) atoms. The highest BCUT2D eigenvalue weighted by Gasteiger charge is 2.56. The summed E-state index contributed by atoms with van der Waals surface area (Å²) < 4.78 is 56.9. The number of benzene rings is 2. The van der Waals surface area contributed by atoms with Crippen molar-refractivity contribution in [3.8, 4) is 0 Å². The van der Waals surface area contributed by atoms with Crippen LogP contribution in [0.3, 0.4) is 0 Å². The highest BCUT2D eigenvalue weighted by Crippen LogP contribution is 2.38. The van der Waals surface area contributed by atoms with Crippen molar-refractivity contribution < 1.29 is 26.8 Å². The summed E-state index contributed by atoms with van der Waals surface area (Å²) in [5.74, 6) is -2.85. The van der Waals surface area contributed by atoms with Gasteiger partial charge in [-0.15, -0.1) is 0 Å². The number of nitrogens with zero attached hydrogens (tertiary/aromatic N) is 4. The van der Waals surface area contributed by atoms with Gasteiger partial charge in [-0.05, 0) is 62.8 Å². The zero-order valence-corrected chi connectivity index (χ0v) is 23.0. The van der Waals surface area contributed by atoms with E-state index < -0.39 is 45.8 Å². The van der Waals surface area contributed by atoms with Gasteiger partial charge in [0.1, 0.15) is 23.1 Å². The fourth-order valence-corrected chi connectivity index (χ4v) is 7.51. The Bertz CT molecular complexity index is 1410. The molecule has 2 aromatic rings. The summed E-state index contributed by atoms with van der Waals surface area (Å²) in [6, 6.07) is 5.33. The Balaban J connectivity index is 1.61. The maximum Gasteiger partial charge on any atom is 0.246 e. The SMILES string of the molecule is CN(C)C1CN(S(=O)(=O)c2ccc(Cl)cc2Cl)C2CN(C3CC3)C(=O)C(Cc3ccc(F)c(F)c3)N2C1=O. The van der Waals surface area contributed by atoms with E-state index in [1.165, 1.54) is 33.5 Å². The van der Waals surface area contributed by atoms with Gasteiger partial charge in [0.2, 0.25) is 21.8 Å². The number of likely N-dealkylation sites (N-methyl/N-ethyl adjacent to an activating group) is 1. The van der Waals surface area contributed by atoms with E-state index in [4.69, 9.17) is 23.2 Å². The third kappa shape index (κ3) is 4.79. The van der Waals surface area contributed by atoms with Crippen molar-refractivity contribution in [3.05, 3.63) is 63.6 Å². The Labute approximate surface area is 229 Å². The fourth-order valence-electron chi connectivity index (χ4n) is 5.19. The van der Waals surface area contributed by atoms with E-state index in [1.54, 1.807) is 23.9 Å². The second-order valence-electron chi connectivity index (χ2n) is 10.0. The van der Waals surface area contributed by atoms with Crippen LogP contribution >= 0.6 is 23.2 Å². The molecule has 5 rings (SSSR count). The monoisotopic (exact) mass is 586 g/mol. The molecule has 1 aliphatic carbocycles. The van der Waals surface area contributed by atoms with E-state index >= 15 is 0 Å². The summed E-state index contributed by atoms with van der Waals surface area (Å²) >= 11 is 12.3. The van der Waals surface area contributed by atoms with Crippen LogP contribution in [0.4, 0.5) is 8.78 Å². The van der Waals surface area contributed by atoms with Gasteiger partial charge in [-0.3, -0.25) is 14.5 Å². The normalized spacial score (nSPS) is 24.8. The molecule has 0 bridgehead atoms. The molecule has 2 saturated heterocycles. The topological polar surface area (TPSA) is 81.2 Å². The Morgan fingerprint density at radius 3 is 2.29 bits per heavy atom. The zero-order chi connectivity index (χ0) is 27.5. The lowest BCUT2D eigenvalue weighted by atomic mass is 9.96. The number of rotatable bonds is 6. The largest absolute Gasteiger partial charge is 0.334 e. The van der Waals surface area contributed by atoms with Crippen LogP contribution in [0.5, 0.6) is 0 Å². The van der Waals surface area contributed by atoms with E-state index in [0.717, 1.165) is 25.0 Å². The molecule has 2 aromatic carbocycles. The van der Waals surface area contributed by atoms with E-state index in [9.17, 15) is 26.8 Å². The molecule has 13 heteroatoms. The second kappa shape index (κ2) is 10.0. The van der Waals surface area contributed by atoms with Crippen LogP contribution in [0.2, 0.25) is 10.0 Å². The summed E-state index contributed by atoms with van der Waals surface area (Å²) in [4.78, 5) is 31.8. The molecule has 0 aromatic heterocycles. The molecule has 0 spiro atoms. The van der Waals surface area contributed by atoms with Gasteiger partial charge in [0.25, 0.3) is 0 Å². The zero-order valence-electron chi connectivity index (χ0n) is 20.7. The number of fused-ring (bicyclic) bond motifs is 1. The molecule has 2 aliphatic heterocycles. The van der Waals surface area contributed by atoms with Gasteiger partial charge in [-0.25, -0.2) is 17.2 Å². The molecule has 1 saturated carbocycles. The molecular weight excluding hydrogens is 561 g/mol. The molecule has 2 amide bonds. The van der Waals surface area contributed by atoms with Gasteiger partial charge in [0, 0.05) is 24.0 Å². The van der Waals surface area contributed by atoms with Crippen molar-refractivity contribution in [1.82, 2.24) is 19.0 Å². The number of halogens is 4. The summed E-state index contributed by atoms with van der Waals surface area (Å²) in [6.45, 7) is -0.160. The predicted octanol–water partition coefficient (Wildman–Crippen LogP) is 2.98. The number of sulfonamides is 1. The van der Waals surface area contributed by atoms with Crippen molar-refractivity contribution in [1.29, 1.82) is 0 Å². The van der Waals surface area contributed by atoms with Gasteiger partial charge in [-0.2, -0.15) is 4.31 Å². The first-order valence-electron chi connectivity index (χ1n) is 12.1. The molecule has 3 aliphatic rings. The highest BCUT2D eigenvalue weighted by molar-refractivity contribution is 7.89. The van der Waals surface area contributed by atoms with Crippen LogP contribution < -0.4 is 0 Å². The Morgan fingerprint density at radius 2 is 1.68 bits per heavy atom. The van der Waals surface area contributed by atoms with Gasteiger partial charge < -0.3 is 9.80 Å². The molecule has 3 atom stereocenters. The lowest BCUT2D eigenvalue weighted by Gasteiger charge is -2.54. The van der Waals surface area contributed by atoms with Crippen LogP contribution in [0, 0.1) is 11.6 Å². The summed E-state index contributed by atoms with van der Waals surface area (Å²) in [5, 5.41) is 0.206. The lowest BCUT2D eigenvalue weighted by Crippen LogP contribution is -2.75. The minimum absolute atomic E-state index is 0.00585. The first kappa shape index (κ1) is 27.3. The number of amides is 2. The average molecular weight is 587 g/mol. The van der Waals surface area contributed by atoms with E-state index in [2.05, 4.69) is 0 Å². The lowest BCUT2D eigenvalue weighted by molar-refractivity contribution is -0.170. The predicted molar refractivity (Wildman–Crippen MR) is 137 cm³/mol. The van der Waals surface area contributed by atoms with Crippen molar-refractivity contribution >= 4 is 45.0 Å². The van der Waals surface area contributed by atoms with Crippen molar-refractivity contribution in [2.45, 2.75) is 48.4 Å². The fraction of sp³-hybridized carbons (Fsp3) is 0.440. The third-order valence-corrected chi connectivity index (χ3v) is 9.90. The Hall–Kier alpha value is -2.31. The number of carbonyl (C=O) groups is 2. The second-order valence-corrected chi connectivity index (χ2v) is 12.7. The Morgan fingerprint density at radius 1 is 0.974 bits per heavy atom. The molecule has 3 unspecified atom stereocenters. The molecule has 0 N–H and O–H groups in total. The maximum atomic E-state index is 14.0. The molecule has 8 nitrogen and oxygen atoms in total. The molecular formula is C25H26Cl2F2N4O4S. The van der Waals surface area contributed by atoms with Crippen LogP contribution in [0.15, 0.2) is 41.3 Å². The molecule has 204 valence electrons.